The number of nitrogens with one attached hydrogen (secondary N) is 1. The molecule has 0 unspecified atom stereocenters. The minimum absolute atomic E-state index is 0.0693. The zero-order valence-electron chi connectivity index (χ0n) is 11.5. The van der Waals surface area contributed by atoms with Crippen LogP contribution in [0.4, 0.5) is 5.00 Å². The Morgan fingerprint density at radius 3 is 2.48 bits per heavy atom. The fourth-order valence-electron chi connectivity index (χ4n) is 2.47. The molecule has 1 aliphatic rings. The second-order valence-corrected chi connectivity index (χ2v) is 6.12. The molecule has 0 saturated heterocycles. The van der Waals surface area contributed by atoms with Crippen molar-refractivity contribution in [3.8, 4) is 0 Å². The number of anilines is 1. The van der Waals surface area contributed by atoms with Gasteiger partial charge in [0, 0.05) is 17.7 Å². The smallest absolute Gasteiger partial charge is 0.339 e. The summed E-state index contributed by atoms with van der Waals surface area (Å²) in [5.74, 6) is -2.30. The van der Waals surface area contributed by atoms with Gasteiger partial charge in [0.25, 0.3) is 0 Å². The molecule has 0 saturated carbocycles. The van der Waals surface area contributed by atoms with Crippen LogP contribution in [0.5, 0.6) is 0 Å². The molecule has 1 aromatic rings. The van der Waals surface area contributed by atoms with Crippen molar-refractivity contribution < 1.29 is 24.6 Å². The molecule has 1 amide bonds. The molecule has 21 heavy (non-hydrogen) atoms. The second kappa shape index (κ2) is 6.71. The van der Waals surface area contributed by atoms with Crippen LogP contribution >= 0.6 is 11.3 Å². The Kier molecular flexibility index (Phi) is 4.95. The first kappa shape index (κ1) is 15.5. The van der Waals surface area contributed by atoms with Crippen LogP contribution in [0.2, 0.25) is 0 Å². The zero-order valence-corrected chi connectivity index (χ0v) is 12.3. The molecule has 0 atom stereocenters. The van der Waals surface area contributed by atoms with E-state index >= 15 is 0 Å². The van der Waals surface area contributed by atoms with Crippen molar-refractivity contribution in [2.24, 2.45) is 0 Å². The molecule has 2 rings (SSSR count). The van der Waals surface area contributed by atoms with E-state index in [9.17, 15) is 19.5 Å². The van der Waals surface area contributed by atoms with E-state index in [1.54, 1.807) is 0 Å². The van der Waals surface area contributed by atoms with Crippen molar-refractivity contribution >= 4 is 34.2 Å². The summed E-state index contributed by atoms with van der Waals surface area (Å²) < 4.78 is 0. The molecule has 0 radical (unpaired) electrons. The maximum atomic E-state index is 11.8. The molecule has 114 valence electrons. The Morgan fingerprint density at radius 2 is 1.81 bits per heavy atom. The van der Waals surface area contributed by atoms with Crippen molar-refractivity contribution in [2.45, 2.75) is 44.9 Å². The number of carboxylic acids is 2. The summed E-state index contributed by atoms with van der Waals surface area (Å²) in [6.07, 6.45) is 3.86. The van der Waals surface area contributed by atoms with Gasteiger partial charge < -0.3 is 15.5 Å². The molecule has 0 aromatic carbocycles. The maximum absolute atomic E-state index is 11.8. The number of rotatable bonds is 6. The van der Waals surface area contributed by atoms with Gasteiger partial charge in [0.2, 0.25) is 5.91 Å². The van der Waals surface area contributed by atoms with Gasteiger partial charge >= 0.3 is 11.9 Å². The zero-order chi connectivity index (χ0) is 15.4. The van der Waals surface area contributed by atoms with Gasteiger partial charge in [0.1, 0.15) is 5.00 Å². The maximum Gasteiger partial charge on any atom is 0.339 e. The van der Waals surface area contributed by atoms with Gasteiger partial charge in [-0.1, -0.05) is 0 Å². The third-order valence-electron chi connectivity index (χ3n) is 3.43. The highest BCUT2D eigenvalue weighted by atomic mass is 32.1. The molecule has 1 aromatic heterocycles. The highest BCUT2D eigenvalue weighted by Crippen LogP contribution is 2.38. The third-order valence-corrected chi connectivity index (χ3v) is 4.64. The number of amides is 1. The molecule has 1 aliphatic carbocycles. The molecule has 3 N–H and O–H groups in total. The lowest BCUT2D eigenvalue weighted by Crippen LogP contribution is -2.14. The van der Waals surface area contributed by atoms with E-state index in [4.69, 9.17) is 5.11 Å². The van der Waals surface area contributed by atoms with Gasteiger partial charge in [0.05, 0.1) is 5.56 Å². The van der Waals surface area contributed by atoms with E-state index in [0.29, 0.717) is 5.00 Å². The Bertz CT molecular complexity index is 578. The standard InChI is InChI=1S/C14H17NO5S/c16-10(6-3-7-11(17)18)15-13-12(14(19)20)8-4-1-2-5-9(8)21-13/h1-7H2,(H,15,16)(H,17,18)(H,19,20). The lowest BCUT2D eigenvalue weighted by atomic mass is 9.95. The summed E-state index contributed by atoms with van der Waals surface area (Å²) in [5, 5.41) is 20.9. The van der Waals surface area contributed by atoms with Crippen LogP contribution in [0, 0.1) is 0 Å². The number of carbonyl (C=O) groups excluding carboxylic acids is 1. The molecular formula is C14H17NO5S. The predicted octanol–water partition coefficient (Wildman–Crippen LogP) is 2.52. The van der Waals surface area contributed by atoms with Gasteiger partial charge in [-0.25, -0.2) is 4.79 Å². The molecule has 7 heteroatoms. The number of aliphatic carboxylic acids is 1. The monoisotopic (exact) mass is 311 g/mol. The number of thiophene rings is 1. The van der Waals surface area contributed by atoms with Gasteiger partial charge in [0.15, 0.2) is 0 Å². The Labute approximate surface area is 125 Å². The van der Waals surface area contributed by atoms with Crippen LogP contribution in [-0.2, 0) is 22.4 Å². The molecule has 0 bridgehead atoms. The van der Waals surface area contributed by atoms with E-state index < -0.39 is 11.9 Å². The summed E-state index contributed by atoms with van der Waals surface area (Å²) >= 11 is 1.33. The first-order valence-corrected chi connectivity index (χ1v) is 7.70. The highest BCUT2D eigenvalue weighted by Gasteiger charge is 2.25. The third kappa shape index (κ3) is 3.81. The predicted molar refractivity (Wildman–Crippen MR) is 78.0 cm³/mol. The molecule has 0 fully saturated rings. The topological polar surface area (TPSA) is 104 Å². The van der Waals surface area contributed by atoms with Crippen molar-refractivity contribution in [3.05, 3.63) is 16.0 Å². The van der Waals surface area contributed by atoms with Gasteiger partial charge in [-0.3, -0.25) is 9.59 Å². The lowest BCUT2D eigenvalue weighted by molar-refractivity contribution is -0.137. The van der Waals surface area contributed by atoms with Crippen molar-refractivity contribution in [3.63, 3.8) is 0 Å². The van der Waals surface area contributed by atoms with Crippen LogP contribution in [0.15, 0.2) is 0 Å². The SMILES string of the molecule is O=C(O)CCCC(=O)Nc1sc2c(c1C(=O)O)CCCC2. The van der Waals surface area contributed by atoms with Gasteiger partial charge in [-0.15, -0.1) is 11.3 Å². The fraction of sp³-hybridized carbons (Fsp3) is 0.500. The van der Waals surface area contributed by atoms with Crippen LogP contribution in [-0.4, -0.2) is 28.1 Å². The summed E-state index contributed by atoms with van der Waals surface area (Å²) in [4.78, 5) is 34.7. The van der Waals surface area contributed by atoms with Gasteiger partial charge in [-0.05, 0) is 37.7 Å². The van der Waals surface area contributed by atoms with Crippen LogP contribution in [0.25, 0.3) is 0 Å². The van der Waals surface area contributed by atoms with E-state index in [1.807, 2.05) is 0 Å². The summed E-state index contributed by atoms with van der Waals surface area (Å²) in [6, 6.07) is 0. The molecule has 6 nitrogen and oxygen atoms in total. The first-order chi connectivity index (χ1) is 9.99. The number of aromatic carboxylic acids is 1. The summed E-state index contributed by atoms with van der Waals surface area (Å²) in [7, 11) is 0. The fourth-order valence-corrected chi connectivity index (χ4v) is 3.77. The van der Waals surface area contributed by atoms with Crippen LogP contribution in [0.1, 0.15) is 52.9 Å². The number of hydrogen-bond donors (Lipinski definition) is 3. The molecule has 0 aliphatic heterocycles. The Morgan fingerprint density at radius 1 is 1.10 bits per heavy atom. The van der Waals surface area contributed by atoms with Crippen LogP contribution in [0.3, 0.4) is 0 Å². The number of hydrogen-bond acceptors (Lipinski definition) is 4. The van der Waals surface area contributed by atoms with E-state index in [0.717, 1.165) is 36.1 Å². The molecule has 0 spiro atoms. The lowest BCUT2D eigenvalue weighted by Gasteiger charge is -2.10. The Balaban J connectivity index is 2.09. The Hall–Kier alpha value is -1.89. The average Bonchev–Trinajstić information content (AvgIpc) is 2.75. The van der Waals surface area contributed by atoms with Crippen LogP contribution < -0.4 is 5.32 Å². The quantitative estimate of drug-likeness (QED) is 0.749. The minimum atomic E-state index is -1.02. The summed E-state index contributed by atoms with van der Waals surface area (Å²) in [5.41, 5.74) is 1.06. The van der Waals surface area contributed by atoms with E-state index in [2.05, 4.69) is 5.32 Å². The number of carbonyl (C=O) groups is 3. The second-order valence-electron chi connectivity index (χ2n) is 5.02. The molecule has 1 heterocycles. The normalized spacial score (nSPS) is 13.5. The molecular weight excluding hydrogens is 294 g/mol. The van der Waals surface area contributed by atoms with Gasteiger partial charge in [-0.2, -0.15) is 0 Å². The number of carboxylic acid groups (broad SMARTS) is 2. The highest BCUT2D eigenvalue weighted by molar-refractivity contribution is 7.17. The minimum Gasteiger partial charge on any atom is -0.481 e. The summed E-state index contributed by atoms with van der Waals surface area (Å²) in [6.45, 7) is 0. The average molecular weight is 311 g/mol. The van der Waals surface area contributed by atoms with Crippen molar-refractivity contribution in [1.82, 2.24) is 0 Å². The number of aryl methyl sites for hydroxylation is 1. The van der Waals surface area contributed by atoms with Crippen molar-refractivity contribution in [2.75, 3.05) is 5.32 Å². The number of fused-ring (bicyclic) bond motifs is 1. The van der Waals surface area contributed by atoms with Crippen molar-refractivity contribution in [1.29, 1.82) is 0 Å². The largest absolute Gasteiger partial charge is 0.481 e. The van der Waals surface area contributed by atoms with E-state index in [-0.39, 0.29) is 30.7 Å². The van der Waals surface area contributed by atoms with E-state index in [1.165, 1.54) is 11.3 Å². The first-order valence-electron chi connectivity index (χ1n) is 6.88.